The van der Waals surface area contributed by atoms with Crippen LogP contribution in [0.5, 0.6) is 0 Å². The normalized spacial score (nSPS) is 11.9. The quantitative estimate of drug-likeness (QED) is 0.658. The number of hydrogen-bond donors (Lipinski definition) is 2. The molecule has 2 N–H and O–H groups in total. The Balaban J connectivity index is 3.12. The van der Waals surface area contributed by atoms with Gasteiger partial charge in [0.15, 0.2) is 5.69 Å². The van der Waals surface area contributed by atoms with Crippen molar-refractivity contribution in [3.8, 4) is 0 Å². The van der Waals surface area contributed by atoms with E-state index in [4.69, 9.17) is 10.0 Å². The summed E-state index contributed by atoms with van der Waals surface area (Å²) < 4.78 is 42.4. The first-order chi connectivity index (χ1) is 6.86. The van der Waals surface area contributed by atoms with E-state index in [0.29, 0.717) is 0 Å². The number of hydrogen-bond acceptors (Lipinski definition) is 4. The molecule has 5 nitrogen and oxygen atoms in total. The summed E-state index contributed by atoms with van der Waals surface area (Å²) in [4.78, 5) is 0. The zero-order chi connectivity index (χ0) is 11.6. The molecule has 0 saturated heterocycles. The van der Waals surface area contributed by atoms with Crippen LogP contribution < -0.4 is 5.46 Å². The average molecular weight is 224 g/mol. The lowest BCUT2D eigenvalue weighted by Gasteiger charge is -2.04. The standard InChI is InChI=1S/C6H8BF3N2O3/c1-15-3-12-2-4(7(13)14)5(11-12)6(8,9)10/h2,13-14H,3H2,1H3. The van der Waals surface area contributed by atoms with Gasteiger partial charge in [-0.25, -0.2) is 4.68 Å². The summed E-state index contributed by atoms with van der Waals surface area (Å²) in [6.07, 6.45) is -3.85. The van der Waals surface area contributed by atoms with Gasteiger partial charge >= 0.3 is 13.3 Å². The second-order valence-electron chi connectivity index (χ2n) is 2.76. The summed E-state index contributed by atoms with van der Waals surface area (Å²) in [7, 11) is -0.934. The van der Waals surface area contributed by atoms with E-state index in [-0.39, 0.29) is 6.73 Å². The molecule has 0 amide bonds. The molecule has 0 aliphatic heterocycles. The fraction of sp³-hybridized carbons (Fsp3) is 0.500. The second kappa shape index (κ2) is 4.21. The summed E-state index contributed by atoms with van der Waals surface area (Å²) in [5, 5.41) is 20.6. The molecule has 0 bridgehead atoms. The van der Waals surface area contributed by atoms with Gasteiger partial charge in [-0.15, -0.1) is 0 Å². The van der Waals surface area contributed by atoms with E-state index in [0.717, 1.165) is 10.9 Å². The fourth-order valence-electron chi connectivity index (χ4n) is 1.04. The van der Waals surface area contributed by atoms with Crippen LogP contribution in [-0.2, 0) is 17.6 Å². The minimum Gasteiger partial charge on any atom is -0.423 e. The molecule has 1 rings (SSSR count). The summed E-state index contributed by atoms with van der Waals surface area (Å²) in [5.41, 5.74) is -2.02. The van der Waals surface area contributed by atoms with Gasteiger partial charge in [-0.1, -0.05) is 0 Å². The largest absolute Gasteiger partial charge is 0.492 e. The number of nitrogens with zero attached hydrogens (tertiary/aromatic N) is 2. The fourth-order valence-corrected chi connectivity index (χ4v) is 1.04. The van der Waals surface area contributed by atoms with Crippen LogP contribution in [0.1, 0.15) is 5.69 Å². The van der Waals surface area contributed by atoms with Crippen molar-refractivity contribution in [2.45, 2.75) is 12.9 Å². The van der Waals surface area contributed by atoms with Crippen molar-refractivity contribution < 1.29 is 28.0 Å². The van der Waals surface area contributed by atoms with Gasteiger partial charge < -0.3 is 14.8 Å². The highest BCUT2D eigenvalue weighted by Gasteiger charge is 2.40. The Morgan fingerprint density at radius 2 is 2.13 bits per heavy atom. The van der Waals surface area contributed by atoms with E-state index in [1.54, 1.807) is 0 Å². The van der Waals surface area contributed by atoms with Gasteiger partial charge in [0, 0.05) is 18.8 Å². The van der Waals surface area contributed by atoms with E-state index < -0.39 is 24.5 Å². The van der Waals surface area contributed by atoms with Crippen LogP contribution in [0, 0.1) is 0 Å². The highest BCUT2D eigenvalue weighted by atomic mass is 19.4. The van der Waals surface area contributed by atoms with Crippen molar-refractivity contribution in [1.29, 1.82) is 0 Å². The number of rotatable bonds is 3. The number of methoxy groups -OCH3 is 1. The molecule has 0 radical (unpaired) electrons. The van der Waals surface area contributed by atoms with Gasteiger partial charge in [-0.2, -0.15) is 18.3 Å². The Morgan fingerprint density at radius 1 is 1.53 bits per heavy atom. The van der Waals surface area contributed by atoms with Crippen molar-refractivity contribution in [2.75, 3.05) is 7.11 Å². The summed E-state index contributed by atoms with van der Waals surface area (Å²) in [6.45, 7) is -0.199. The predicted octanol–water partition coefficient (Wildman–Crippen LogP) is -0.814. The number of ether oxygens (including phenoxy) is 1. The lowest BCUT2D eigenvalue weighted by Crippen LogP contribution is -2.34. The zero-order valence-electron chi connectivity index (χ0n) is 7.69. The van der Waals surface area contributed by atoms with Crippen molar-refractivity contribution in [3.63, 3.8) is 0 Å². The van der Waals surface area contributed by atoms with Crippen LogP contribution in [-0.4, -0.2) is 34.1 Å². The van der Waals surface area contributed by atoms with Crippen LogP contribution in [0.2, 0.25) is 0 Å². The van der Waals surface area contributed by atoms with Crippen LogP contribution in [0.15, 0.2) is 6.20 Å². The van der Waals surface area contributed by atoms with E-state index in [2.05, 4.69) is 9.84 Å². The Bertz CT molecular complexity index is 339. The molecular weight excluding hydrogens is 216 g/mol. The monoisotopic (exact) mass is 224 g/mol. The van der Waals surface area contributed by atoms with E-state index in [1.165, 1.54) is 7.11 Å². The van der Waals surface area contributed by atoms with Crippen LogP contribution in [0.3, 0.4) is 0 Å². The van der Waals surface area contributed by atoms with E-state index in [1.807, 2.05) is 0 Å². The van der Waals surface area contributed by atoms with Gasteiger partial charge in [0.05, 0.1) is 0 Å². The van der Waals surface area contributed by atoms with Crippen molar-refractivity contribution in [1.82, 2.24) is 9.78 Å². The smallest absolute Gasteiger partial charge is 0.423 e. The molecule has 0 fully saturated rings. The summed E-state index contributed by atoms with van der Waals surface area (Å²) in [6, 6.07) is 0. The first kappa shape index (κ1) is 12.0. The molecular formula is C6H8BF3N2O3. The molecule has 0 aliphatic rings. The van der Waals surface area contributed by atoms with Gasteiger partial charge in [-0.3, -0.25) is 0 Å². The molecule has 0 unspecified atom stereocenters. The van der Waals surface area contributed by atoms with Crippen LogP contribution in [0.4, 0.5) is 13.2 Å². The molecule has 9 heteroatoms. The molecule has 1 aromatic heterocycles. The Morgan fingerprint density at radius 3 is 2.47 bits per heavy atom. The van der Waals surface area contributed by atoms with E-state index >= 15 is 0 Å². The highest BCUT2D eigenvalue weighted by molar-refractivity contribution is 6.59. The molecule has 15 heavy (non-hydrogen) atoms. The molecule has 0 aromatic carbocycles. The lowest BCUT2D eigenvalue weighted by atomic mass is 9.80. The minimum atomic E-state index is -4.72. The van der Waals surface area contributed by atoms with Gasteiger partial charge in [0.25, 0.3) is 0 Å². The number of alkyl halides is 3. The van der Waals surface area contributed by atoms with Gasteiger partial charge in [0.1, 0.15) is 6.73 Å². The molecule has 1 aromatic rings. The SMILES string of the molecule is COCn1cc(B(O)O)c(C(F)(F)F)n1. The van der Waals surface area contributed by atoms with Crippen molar-refractivity contribution in [3.05, 3.63) is 11.9 Å². The maximum absolute atomic E-state index is 12.3. The van der Waals surface area contributed by atoms with Crippen LogP contribution >= 0.6 is 0 Å². The van der Waals surface area contributed by atoms with Crippen molar-refractivity contribution >= 4 is 12.6 Å². The Labute approximate surface area is 83.2 Å². The number of aromatic nitrogens is 2. The first-order valence-corrected chi connectivity index (χ1v) is 3.86. The molecule has 0 spiro atoms. The average Bonchev–Trinajstić information content (AvgIpc) is 2.48. The maximum Gasteiger partial charge on any atom is 0.492 e. The molecule has 0 atom stereocenters. The van der Waals surface area contributed by atoms with Gasteiger partial charge in [-0.05, 0) is 0 Å². The topological polar surface area (TPSA) is 67.5 Å². The second-order valence-corrected chi connectivity index (χ2v) is 2.76. The Hall–Kier alpha value is -1.06. The lowest BCUT2D eigenvalue weighted by molar-refractivity contribution is -0.141. The predicted molar refractivity (Wildman–Crippen MR) is 44.1 cm³/mol. The minimum absolute atomic E-state index is 0.199. The summed E-state index contributed by atoms with van der Waals surface area (Å²) in [5.74, 6) is 0. The van der Waals surface area contributed by atoms with Crippen molar-refractivity contribution in [2.24, 2.45) is 0 Å². The number of halogens is 3. The molecule has 0 saturated carbocycles. The summed E-state index contributed by atoms with van der Waals surface area (Å²) >= 11 is 0. The third-order valence-corrected chi connectivity index (χ3v) is 1.60. The third kappa shape index (κ3) is 2.70. The molecule has 1 heterocycles. The zero-order valence-corrected chi connectivity index (χ0v) is 7.69. The third-order valence-electron chi connectivity index (χ3n) is 1.60. The van der Waals surface area contributed by atoms with E-state index in [9.17, 15) is 13.2 Å². The first-order valence-electron chi connectivity index (χ1n) is 3.86. The highest BCUT2D eigenvalue weighted by Crippen LogP contribution is 2.26. The maximum atomic E-state index is 12.3. The van der Waals surface area contributed by atoms with Gasteiger partial charge in [0.2, 0.25) is 0 Å². The van der Waals surface area contributed by atoms with Crippen LogP contribution in [0.25, 0.3) is 0 Å². The molecule has 0 aliphatic carbocycles. The molecule has 84 valence electrons. The Kier molecular flexibility index (Phi) is 3.37.